The highest BCUT2D eigenvalue weighted by Gasteiger charge is 2.20. The predicted molar refractivity (Wildman–Crippen MR) is 118 cm³/mol. The van der Waals surface area contributed by atoms with Crippen LogP contribution < -0.4 is 20.1 Å². The van der Waals surface area contributed by atoms with Crippen LogP contribution in [0, 0.1) is 0 Å². The number of aryl methyl sites for hydroxylation is 1. The molecule has 2 N–H and O–H groups in total. The lowest BCUT2D eigenvalue weighted by molar-refractivity contribution is 0.174. The average molecular weight is 389 g/mol. The first-order valence-electron chi connectivity index (χ1n) is 10.1. The van der Waals surface area contributed by atoms with Crippen molar-refractivity contribution in [2.45, 2.75) is 25.3 Å². The van der Waals surface area contributed by atoms with E-state index in [0.29, 0.717) is 13.3 Å². The van der Waals surface area contributed by atoms with Gasteiger partial charge in [-0.2, -0.15) is 0 Å². The van der Waals surface area contributed by atoms with E-state index >= 15 is 0 Å². The molecular formula is C25H28N2O2. The van der Waals surface area contributed by atoms with Crippen molar-refractivity contribution in [2.24, 2.45) is 5.73 Å². The van der Waals surface area contributed by atoms with E-state index in [1.165, 1.54) is 27.9 Å². The first-order chi connectivity index (χ1) is 14.2. The molecule has 0 spiro atoms. The molecule has 4 nitrogen and oxygen atoms in total. The van der Waals surface area contributed by atoms with Gasteiger partial charge in [0, 0.05) is 32.2 Å². The van der Waals surface area contributed by atoms with Gasteiger partial charge < -0.3 is 20.1 Å². The predicted octanol–water partition coefficient (Wildman–Crippen LogP) is 4.70. The molecule has 0 bridgehead atoms. The highest BCUT2D eigenvalue weighted by molar-refractivity contribution is 5.54. The first kappa shape index (κ1) is 19.3. The van der Waals surface area contributed by atoms with Crippen LogP contribution in [-0.2, 0) is 13.0 Å². The summed E-state index contributed by atoms with van der Waals surface area (Å²) in [7, 11) is 4.18. The minimum absolute atomic E-state index is 0.280. The molecule has 3 aromatic carbocycles. The third kappa shape index (κ3) is 4.22. The third-order valence-corrected chi connectivity index (χ3v) is 5.56. The molecule has 1 aliphatic rings. The Balaban J connectivity index is 1.65. The van der Waals surface area contributed by atoms with Gasteiger partial charge in [-0.1, -0.05) is 48.5 Å². The Bertz CT molecular complexity index is 970. The molecule has 4 heteroatoms. The maximum Gasteiger partial charge on any atom is 0.231 e. The molecule has 4 rings (SSSR count). The average Bonchev–Trinajstić information content (AvgIpc) is 3.22. The minimum Gasteiger partial charge on any atom is -0.454 e. The fourth-order valence-corrected chi connectivity index (χ4v) is 4.04. The molecule has 0 saturated heterocycles. The van der Waals surface area contributed by atoms with Crippen LogP contribution >= 0.6 is 0 Å². The van der Waals surface area contributed by atoms with E-state index in [4.69, 9.17) is 15.2 Å². The summed E-state index contributed by atoms with van der Waals surface area (Å²) >= 11 is 0. The molecule has 0 amide bonds. The summed E-state index contributed by atoms with van der Waals surface area (Å²) in [5, 5.41) is 0. The molecule has 0 aliphatic carbocycles. The summed E-state index contributed by atoms with van der Waals surface area (Å²) in [6, 6.07) is 23.5. The number of fused-ring (bicyclic) bond motifs is 1. The van der Waals surface area contributed by atoms with Crippen molar-refractivity contribution < 1.29 is 9.47 Å². The lowest BCUT2D eigenvalue weighted by atomic mass is 9.85. The monoisotopic (exact) mass is 388 g/mol. The summed E-state index contributed by atoms with van der Waals surface area (Å²) < 4.78 is 11.1. The van der Waals surface area contributed by atoms with Crippen LogP contribution in [0.2, 0.25) is 0 Å². The van der Waals surface area contributed by atoms with E-state index in [2.05, 4.69) is 79.7 Å². The molecule has 1 aliphatic heterocycles. The van der Waals surface area contributed by atoms with Crippen LogP contribution in [-0.4, -0.2) is 20.9 Å². The van der Waals surface area contributed by atoms with Gasteiger partial charge >= 0.3 is 0 Å². The molecular weight excluding hydrogens is 360 g/mol. The van der Waals surface area contributed by atoms with Gasteiger partial charge in [0.15, 0.2) is 11.5 Å². The van der Waals surface area contributed by atoms with Crippen molar-refractivity contribution >= 4 is 5.69 Å². The Hall–Kier alpha value is -2.98. The van der Waals surface area contributed by atoms with Crippen LogP contribution in [0.15, 0.2) is 66.7 Å². The summed E-state index contributed by atoms with van der Waals surface area (Å²) in [5.74, 6) is 1.94. The number of ether oxygens (including phenoxy) is 2. The lowest BCUT2D eigenvalue weighted by Crippen LogP contribution is -2.13. The van der Waals surface area contributed by atoms with Crippen molar-refractivity contribution in [1.29, 1.82) is 0 Å². The molecule has 0 fully saturated rings. The van der Waals surface area contributed by atoms with Gasteiger partial charge in [0.25, 0.3) is 0 Å². The van der Waals surface area contributed by atoms with Gasteiger partial charge in [0.2, 0.25) is 6.79 Å². The van der Waals surface area contributed by atoms with Gasteiger partial charge in [0.1, 0.15) is 0 Å². The summed E-state index contributed by atoms with van der Waals surface area (Å²) in [4.78, 5) is 2.17. The Morgan fingerprint density at radius 2 is 1.69 bits per heavy atom. The Morgan fingerprint density at radius 3 is 2.45 bits per heavy atom. The highest BCUT2D eigenvalue weighted by Crippen LogP contribution is 2.38. The molecule has 3 aromatic rings. The van der Waals surface area contributed by atoms with E-state index in [9.17, 15) is 0 Å². The van der Waals surface area contributed by atoms with Gasteiger partial charge in [-0.3, -0.25) is 0 Å². The second kappa shape index (κ2) is 8.58. The molecule has 1 atom stereocenters. The number of benzene rings is 3. The van der Waals surface area contributed by atoms with Crippen LogP contribution in [0.5, 0.6) is 11.5 Å². The second-order valence-electron chi connectivity index (χ2n) is 7.68. The third-order valence-electron chi connectivity index (χ3n) is 5.56. The maximum absolute atomic E-state index is 5.90. The van der Waals surface area contributed by atoms with Gasteiger partial charge in [-0.15, -0.1) is 0 Å². The van der Waals surface area contributed by atoms with Crippen molar-refractivity contribution in [3.63, 3.8) is 0 Å². The van der Waals surface area contributed by atoms with Gasteiger partial charge in [-0.25, -0.2) is 0 Å². The topological polar surface area (TPSA) is 47.7 Å². The summed E-state index contributed by atoms with van der Waals surface area (Å²) in [5.41, 5.74) is 12.2. The number of nitrogens with two attached hydrogens (primary N) is 1. The Morgan fingerprint density at radius 1 is 0.897 bits per heavy atom. The number of hydrogen-bond acceptors (Lipinski definition) is 4. The van der Waals surface area contributed by atoms with E-state index in [1.807, 2.05) is 6.07 Å². The number of hydrogen-bond donors (Lipinski definition) is 1. The molecule has 0 saturated carbocycles. The fourth-order valence-electron chi connectivity index (χ4n) is 4.04. The molecule has 150 valence electrons. The zero-order valence-electron chi connectivity index (χ0n) is 17.1. The number of rotatable bonds is 7. The zero-order valence-corrected chi connectivity index (χ0v) is 17.1. The fraction of sp³-hybridized carbons (Fsp3) is 0.280. The van der Waals surface area contributed by atoms with Crippen molar-refractivity contribution in [2.75, 3.05) is 25.8 Å². The minimum atomic E-state index is 0.280. The van der Waals surface area contributed by atoms with Gasteiger partial charge in [-0.05, 0) is 53.3 Å². The number of nitrogens with zero attached hydrogens (tertiary/aromatic N) is 1. The van der Waals surface area contributed by atoms with E-state index in [0.717, 1.165) is 24.3 Å². The Kier molecular flexibility index (Phi) is 5.72. The van der Waals surface area contributed by atoms with E-state index < -0.39 is 0 Å². The largest absolute Gasteiger partial charge is 0.454 e. The van der Waals surface area contributed by atoms with Crippen molar-refractivity contribution in [3.05, 3.63) is 89.0 Å². The number of anilines is 1. The molecule has 1 heterocycles. The zero-order chi connectivity index (χ0) is 20.2. The SMILES string of the molecule is CN(C)c1ccc(CN)cc1CCC(c1ccccc1)c1ccc2c(c1)OCO2. The first-order valence-corrected chi connectivity index (χ1v) is 10.1. The highest BCUT2D eigenvalue weighted by atomic mass is 16.7. The van der Waals surface area contributed by atoms with E-state index in [1.54, 1.807) is 0 Å². The van der Waals surface area contributed by atoms with Crippen LogP contribution in [0.4, 0.5) is 5.69 Å². The summed E-state index contributed by atoms with van der Waals surface area (Å²) in [6.45, 7) is 0.859. The van der Waals surface area contributed by atoms with Crippen molar-refractivity contribution in [1.82, 2.24) is 0 Å². The second-order valence-corrected chi connectivity index (χ2v) is 7.68. The lowest BCUT2D eigenvalue weighted by Gasteiger charge is -2.22. The maximum atomic E-state index is 5.90. The normalized spacial score (nSPS) is 13.3. The molecule has 0 radical (unpaired) electrons. The molecule has 0 aromatic heterocycles. The quantitative estimate of drug-likeness (QED) is 0.637. The standard InChI is InChI=1S/C25H28N2O2/c1-27(2)23-12-8-18(16-26)14-21(23)9-11-22(19-6-4-3-5-7-19)20-10-13-24-25(15-20)29-17-28-24/h3-8,10,12-15,22H,9,11,16-17,26H2,1-2H3. The molecule has 1 unspecified atom stereocenters. The molecule has 29 heavy (non-hydrogen) atoms. The van der Waals surface area contributed by atoms with Crippen LogP contribution in [0.25, 0.3) is 0 Å². The van der Waals surface area contributed by atoms with Crippen LogP contribution in [0.3, 0.4) is 0 Å². The van der Waals surface area contributed by atoms with E-state index in [-0.39, 0.29) is 5.92 Å². The van der Waals surface area contributed by atoms with Crippen molar-refractivity contribution in [3.8, 4) is 11.5 Å². The Labute approximate surface area is 172 Å². The smallest absolute Gasteiger partial charge is 0.231 e. The summed E-state index contributed by atoms with van der Waals surface area (Å²) in [6.07, 6.45) is 1.97. The van der Waals surface area contributed by atoms with Gasteiger partial charge in [0.05, 0.1) is 0 Å². The van der Waals surface area contributed by atoms with Crippen LogP contribution in [0.1, 0.15) is 34.6 Å².